The molecule has 1 amide bonds. The summed E-state index contributed by atoms with van der Waals surface area (Å²) in [6.45, 7) is 4.66. The van der Waals surface area contributed by atoms with E-state index in [9.17, 15) is 13.2 Å². The lowest BCUT2D eigenvalue weighted by Crippen LogP contribution is -2.48. The van der Waals surface area contributed by atoms with E-state index in [-0.39, 0.29) is 23.4 Å². The maximum Gasteiger partial charge on any atom is 0.254 e. The van der Waals surface area contributed by atoms with Gasteiger partial charge in [-0.05, 0) is 62.5 Å². The lowest BCUT2D eigenvalue weighted by atomic mass is 9.92. The van der Waals surface area contributed by atoms with Crippen molar-refractivity contribution in [2.75, 3.05) is 26.7 Å². The number of sulfonamides is 1. The number of hydrogen-bond acceptors (Lipinski definition) is 4. The Hall–Kier alpha value is -2.22. The van der Waals surface area contributed by atoms with E-state index in [1.54, 1.807) is 19.1 Å². The van der Waals surface area contributed by atoms with Crippen LogP contribution in [0.5, 0.6) is 0 Å². The van der Waals surface area contributed by atoms with Gasteiger partial charge in [0.05, 0.1) is 4.90 Å². The molecule has 2 aliphatic heterocycles. The molecule has 2 atom stereocenters. The van der Waals surface area contributed by atoms with Gasteiger partial charge in [0.15, 0.2) is 0 Å². The predicted octanol–water partition coefficient (Wildman–Crippen LogP) is 2.64. The highest BCUT2D eigenvalue weighted by Gasteiger charge is 2.40. The van der Waals surface area contributed by atoms with E-state index in [0.29, 0.717) is 17.0 Å². The Morgan fingerprint density at radius 1 is 1.10 bits per heavy atom. The summed E-state index contributed by atoms with van der Waals surface area (Å²) < 4.78 is 28.6. The molecule has 0 aromatic heterocycles. The van der Waals surface area contributed by atoms with Crippen LogP contribution in [0.15, 0.2) is 53.4 Å². The Labute approximate surface area is 178 Å². The van der Waals surface area contributed by atoms with Crippen LogP contribution in [0.2, 0.25) is 0 Å². The van der Waals surface area contributed by atoms with Crippen molar-refractivity contribution in [1.29, 1.82) is 0 Å². The topological polar surface area (TPSA) is 69.7 Å². The summed E-state index contributed by atoms with van der Waals surface area (Å²) in [6.07, 6.45) is 2.14. The van der Waals surface area contributed by atoms with E-state index in [4.69, 9.17) is 0 Å². The summed E-state index contributed by atoms with van der Waals surface area (Å²) >= 11 is 0. The molecule has 2 aliphatic rings. The Balaban J connectivity index is 1.54. The van der Waals surface area contributed by atoms with E-state index in [2.05, 4.69) is 16.7 Å². The molecule has 0 aliphatic carbocycles. The molecule has 2 saturated heterocycles. The maximum absolute atomic E-state index is 13.3. The van der Waals surface area contributed by atoms with Crippen LogP contribution in [0.25, 0.3) is 0 Å². The number of rotatable bonds is 5. The molecule has 2 heterocycles. The van der Waals surface area contributed by atoms with Gasteiger partial charge in [-0.3, -0.25) is 4.79 Å². The van der Waals surface area contributed by atoms with Crippen molar-refractivity contribution in [3.8, 4) is 0 Å². The third kappa shape index (κ3) is 4.29. The first-order valence-electron chi connectivity index (χ1n) is 10.5. The molecule has 2 fully saturated rings. The quantitative estimate of drug-likeness (QED) is 0.797. The molecule has 0 bridgehead atoms. The van der Waals surface area contributed by atoms with E-state index >= 15 is 0 Å². The lowest BCUT2D eigenvalue weighted by Gasteiger charge is -2.36. The van der Waals surface area contributed by atoms with Crippen molar-refractivity contribution in [3.05, 3.63) is 65.2 Å². The van der Waals surface area contributed by atoms with Gasteiger partial charge in [-0.25, -0.2) is 13.1 Å². The molecule has 0 unspecified atom stereocenters. The monoisotopic (exact) mass is 427 g/mol. The van der Waals surface area contributed by atoms with Gasteiger partial charge in [0.25, 0.3) is 5.91 Å². The first-order valence-corrected chi connectivity index (χ1v) is 12.0. The molecule has 1 N–H and O–H groups in total. The van der Waals surface area contributed by atoms with Gasteiger partial charge in [0, 0.05) is 31.2 Å². The van der Waals surface area contributed by atoms with Gasteiger partial charge in [0.2, 0.25) is 10.0 Å². The summed E-state index contributed by atoms with van der Waals surface area (Å²) in [5.41, 5.74) is 1.95. The van der Waals surface area contributed by atoms with Crippen LogP contribution in [-0.2, 0) is 16.6 Å². The summed E-state index contributed by atoms with van der Waals surface area (Å²) in [4.78, 5) is 17.7. The van der Waals surface area contributed by atoms with E-state index in [1.807, 2.05) is 35.2 Å². The van der Waals surface area contributed by atoms with Gasteiger partial charge in [-0.1, -0.05) is 36.4 Å². The van der Waals surface area contributed by atoms with Gasteiger partial charge in [0.1, 0.15) is 0 Å². The second-order valence-electron chi connectivity index (χ2n) is 8.46. The molecule has 2 aromatic carbocycles. The van der Waals surface area contributed by atoms with Crippen LogP contribution in [0.4, 0.5) is 0 Å². The zero-order valence-electron chi connectivity index (χ0n) is 17.5. The largest absolute Gasteiger partial charge is 0.334 e. The van der Waals surface area contributed by atoms with Crippen LogP contribution < -0.4 is 4.72 Å². The summed E-state index contributed by atoms with van der Waals surface area (Å²) in [6, 6.07) is 14.6. The third-order valence-electron chi connectivity index (χ3n) is 6.36. The Kier molecular flexibility index (Phi) is 5.95. The number of carbonyl (C=O) groups excluding carboxylic acids is 1. The second-order valence-corrected chi connectivity index (χ2v) is 10.2. The molecule has 0 radical (unpaired) electrons. The number of piperidine rings is 1. The molecule has 0 spiro atoms. The number of hydrogen-bond donors (Lipinski definition) is 1. The number of aryl methyl sites for hydroxylation is 1. The number of carbonyl (C=O) groups is 1. The standard InChI is InChI=1S/C23H29N3O3S/c1-17-8-9-20(23(27)26-13-11-19-10-12-25(2)16-21(19)26)14-22(17)30(28,29)24-15-18-6-4-3-5-7-18/h3-9,14,19,21,24H,10-13,15-16H2,1-2H3/t19-,21+/m0/s1. The fraction of sp³-hybridized carbons (Fsp3) is 0.435. The van der Waals surface area contributed by atoms with Crippen LogP contribution in [0, 0.1) is 12.8 Å². The van der Waals surface area contributed by atoms with Crippen molar-refractivity contribution in [2.45, 2.75) is 37.2 Å². The van der Waals surface area contributed by atoms with E-state index in [1.165, 1.54) is 6.07 Å². The van der Waals surface area contributed by atoms with Crippen molar-refractivity contribution >= 4 is 15.9 Å². The Bertz CT molecular complexity index is 1020. The number of fused-ring (bicyclic) bond motifs is 1. The molecule has 160 valence electrons. The van der Waals surface area contributed by atoms with Crippen LogP contribution >= 0.6 is 0 Å². The highest BCUT2D eigenvalue weighted by molar-refractivity contribution is 7.89. The number of likely N-dealkylation sites (N-methyl/N-ethyl adjacent to an activating group) is 1. The minimum atomic E-state index is -3.73. The van der Waals surface area contributed by atoms with E-state index < -0.39 is 10.0 Å². The summed E-state index contributed by atoms with van der Waals surface area (Å²) in [5.74, 6) is 0.476. The number of nitrogens with zero attached hydrogens (tertiary/aromatic N) is 2. The predicted molar refractivity (Wildman–Crippen MR) is 117 cm³/mol. The highest BCUT2D eigenvalue weighted by Crippen LogP contribution is 2.32. The van der Waals surface area contributed by atoms with Crippen LogP contribution in [-0.4, -0.2) is 56.8 Å². The minimum Gasteiger partial charge on any atom is -0.334 e. The molecule has 4 rings (SSSR count). The second kappa shape index (κ2) is 8.49. The highest BCUT2D eigenvalue weighted by atomic mass is 32.2. The molecular formula is C23H29N3O3S. The van der Waals surface area contributed by atoms with Gasteiger partial charge < -0.3 is 9.80 Å². The fourth-order valence-corrected chi connectivity index (χ4v) is 5.88. The maximum atomic E-state index is 13.3. The minimum absolute atomic E-state index is 0.0719. The summed E-state index contributed by atoms with van der Waals surface area (Å²) in [5, 5.41) is 0. The molecule has 7 heteroatoms. The normalized spacial score (nSPS) is 22.1. The number of amides is 1. The Morgan fingerprint density at radius 2 is 1.83 bits per heavy atom. The zero-order valence-corrected chi connectivity index (χ0v) is 18.4. The molecular weight excluding hydrogens is 398 g/mol. The van der Waals surface area contributed by atoms with Crippen LogP contribution in [0.1, 0.15) is 34.3 Å². The van der Waals surface area contributed by atoms with Gasteiger partial charge in [-0.15, -0.1) is 0 Å². The van der Waals surface area contributed by atoms with Crippen molar-refractivity contribution < 1.29 is 13.2 Å². The molecule has 0 saturated carbocycles. The molecule has 2 aromatic rings. The molecule has 30 heavy (non-hydrogen) atoms. The average molecular weight is 428 g/mol. The van der Waals surface area contributed by atoms with Gasteiger partial charge >= 0.3 is 0 Å². The zero-order chi connectivity index (χ0) is 21.3. The lowest BCUT2D eigenvalue weighted by molar-refractivity contribution is 0.0631. The average Bonchev–Trinajstić information content (AvgIpc) is 3.16. The van der Waals surface area contributed by atoms with E-state index in [0.717, 1.165) is 38.0 Å². The van der Waals surface area contributed by atoms with Crippen LogP contribution in [0.3, 0.4) is 0 Å². The van der Waals surface area contributed by atoms with Crippen molar-refractivity contribution in [1.82, 2.24) is 14.5 Å². The molecule has 6 nitrogen and oxygen atoms in total. The smallest absolute Gasteiger partial charge is 0.254 e. The number of nitrogens with one attached hydrogen (secondary N) is 1. The first-order chi connectivity index (χ1) is 14.3. The Morgan fingerprint density at radius 3 is 2.60 bits per heavy atom. The SMILES string of the molecule is Cc1ccc(C(=O)N2CC[C@@H]3CCN(C)C[C@H]32)cc1S(=O)(=O)NCc1ccccc1. The van der Waals surface area contributed by atoms with Crippen molar-refractivity contribution in [3.63, 3.8) is 0 Å². The summed E-state index contributed by atoms with van der Waals surface area (Å²) in [7, 11) is -1.64. The van der Waals surface area contributed by atoms with Gasteiger partial charge in [-0.2, -0.15) is 0 Å². The number of benzene rings is 2. The fourth-order valence-electron chi connectivity index (χ4n) is 4.59. The third-order valence-corrected chi connectivity index (χ3v) is 7.90. The number of likely N-dealkylation sites (tertiary alicyclic amines) is 2. The van der Waals surface area contributed by atoms with Crippen molar-refractivity contribution in [2.24, 2.45) is 5.92 Å². The first kappa shape index (κ1) is 21.0.